The van der Waals surface area contributed by atoms with Gasteiger partial charge in [-0.25, -0.2) is 0 Å². The molecular weight excluding hydrogens is 452 g/mol. The van der Waals surface area contributed by atoms with E-state index >= 15 is 0 Å². The molecule has 0 aromatic rings. The lowest BCUT2D eigenvalue weighted by Gasteiger charge is -2.73. The number of hydrogen-bond donors (Lipinski definition) is 3. The summed E-state index contributed by atoms with van der Waals surface area (Å²) in [7, 11) is 0. The van der Waals surface area contributed by atoms with Gasteiger partial charge < -0.3 is 15.3 Å². The van der Waals surface area contributed by atoms with Crippen LogP contribution in [0, 0.1) is 56.2 Å². The molecule has 5 nitrogen and oxygen atoms in total. The van der Waals surface area contributed by atoms with Crippen LogP contribution in [0.5, 0.6) is 0 Å². The topological polar surface area (TPSA) is 94.8 Å². The fourth-order valence-corrected chi connectivity index (χ4v) is 11.3. The van der Waals surface area contributed by atoms with Crippen LogP contribution in [0.25, 0.3) is 0 Å². The predicted molar refractivity (Wildman–Crippen MR) is 139 cm³/mol. The minimum Gasteiger partial charge on any atom is -0.511 e. The number of carboxylic acid groups (broad SMARTS) is 2. The van der Waals surface area contributed by atoms with Gasteiger partial charge in [0.15, 0.2) is 0 Å². The molecule has 0 heterocycles. The minimum absolute atomic E-state index is 0.0431. The number of hydrogen-bond acceptors (Lipinski definition) is 3. The SMILES string of the molecule is CC1(C)CC[C@]2(CC(=O)O)CC[C@]3(C)[C@H](CC[C@@H]4[C@@]5(C)CC=C(O)C(C)(C(=O)O)C5CC[C@]43C)[C@H]2C1. The second-order valence-corrected chi connectivity index (χ2v) is 15.4. The number of carbonyl (C=O) groups is 2. The second kappa shape index (κ2) is 7.76. The van der Waals surface area contributed by atoms with Gasteiger partial charge in [0.2, 0.25) is 0 Å². The first-order valence-electron chi connectivity index (χ1n) is 14.4. The molecule has 0 bridgehead atoms. The summed E-state index contributed by atoms with van der Waals surface area (Å²) >= 11 is 0. The van der Waals surface area contributed by atoms with Gasteiger partial charge in [0, 0.05) is 0 Å². The highest BCUT2D eigenvalue weighted by Gasteiger charge is 2.71. The van der Waals surface area contributed by atoms with Crippen LogP contribution >= 0.6 is 0 Å². The molecule has 0 aliphatic heterocycles. The van der Waals surface area contributed by atoms with E-state index in [4.69, 9.17) is 0 Å². The van der Waals surface area contributed by atoms with Crippen LogP contribution < -0.4 is 0 Å². The molecule has 5 aliphatic rings. The number of aliphatic carboxylic acids is 2. The average Bonchev–Trinajstić information content (AvgIpc) is 2.77. The Morgan fingerprint density at radius 2 is 1.50 bits per heavy atom. The fraction of sp³-hybridized carbons (Fsp3) is 0.871. The maximum atomic E-state index is 12.5. The van der Waals surface area contributed by atoms with Gasteiger partial charge in [-0.1, -0.05) is 34.6 Å². The standard InChI is InChI=1S/C31H48O5/c1-26(2)13-15-31(18-24(33)34)16-14-28(4)19(20(31)17-26)7-8-21-27(3)11-10-23(32)30(6,25(35)36)22(27)9-12-29(21,28)5/h10,19-22,32H,7-9,11-18H2,1-6H3,(H,33,34)(H,35,36)/t19-,20-,21-,22?,27-,28-,29-,30?,31-/m1/s1. The number of aliphatic hydroxyl groups is 1. The number of aliphatic hydroxyl groups excluding tert-OH is 1. The lowest BCUT2D eigenvalue weighted by atomic mass is 9.31. The normalized spacial score (nSPS) is 51.6. The minimum atomic E-state index is -1.22. The molecule has 0 amide bonds. The zero-order valence-corrected chi connectivity index (χ0v) is 23.3. The molecule has 0 spiro atoms. The molecule has 0 aromatic heterocycles. The average molecular weight is 501 g/mol. The summed E-state index contributed by atoms with van der Waals surface area (Å²) in [5, 5.41) is 30.9. The van der Waals surface area contributed by atoms with Crippen molar-refractivity contribution in [1.29, 1.82) is 0 Å². The molecule has 5 heteroatoms. The van der Waals surface area contributed by atoms with Crippen molar-refractivity contribution < 1.29 is 24.9 Å². The van der Waals surface area contributed by atoms with E-state index in [0.717, 1.165) is 64.2 Å². The van der Waals surface area contributed by atoms with Crippen molar-refractivity contribution in [1.82, 2.24) is 0 Å². The summed E-state index contributed by atoms with van der Waals surface area (Å²) in [6.45, 7) is 13.8. The van der Waals surface area contributed by atoms with Gasteiger partial charge >= 0.3 is 11.9 Å². The van der Waals surface area contributed by atoms with Gasteiger partial charge in [-0.05, 0) is 128 Å². The Bertz CT molecular complexity index is 999. The molecule has 5 aliphatic carbocycles. The van der Waals surface area contributed by atoms with Crippen LogP contribution in [-0.2, 0) is 9.59 Å². The second-order valence-electron chi connectivity index (χ2n) is 15.4. The Kier molecular flexibility index (Phi) is 5.62. The van der Waals surface area contributed by atoms with E-state index in [-0.39, 0.29) is 38.8 Å². The third-order valence-corrected chi connectivity index (χ3v) is 13.6. The highest BCUT2D eigenvalue weighted by Crippen LogP contribution is 2.77. The Morgan fingerprint density at radius 3 is 2.14 bits per heavy atom. The van der Waals surface area contributed by atoms with Crippen LogP contribution in [0.4, 0.5) is 0 Å². The Morgan fingerprint density at radius 1 is 0.833 bits per heavy atom. The lowest BCUT2D eigenvalue weighted by Crippen LogP contribution is -2.66. The first kappa shape index (κ1) is 26.1. The zero-order valence-electron chi connectivity index (χ0n) is 23.3. The summed E-state index contributed by atoms with van der Waals surface area (Å²) in [6.07, 6.45) is 12.2. The zero-order chi connectivity index (χ0) is 26.5. The van der Waals surface area contributed by atoms with Gasteiger partial charge in [0.1, 0.15) is 11.2 Å². The molecule has 9 atom stereocenters. The molecule has 0 radical (unpaired) electrons. The third-order valence-electron chi connectivity index (χ3n) is 13.6. The quantitative estimate of drug-likeness (QED) is 0.374. The Hall–Kier alpha value is -1.52. The van der Waals surface area contributed by atoms with E-state index in [9.17, 15) is 24.9 Å². The number of carboxylic acids is 2. The summed E-state index contributed by atoms with van der Waals surface area (Å²) in [4.78, 5) is 24.6. The van der Waals surface area contributed by atoms with Gasteiger partial charge in [-0.15, -0.1) is 0 Å². The predicted octanol–water partition coefficient (Wildman–Crippen LogP) is 7.46. The molecule has 0 saturated heterocycles. The van der Waals surface area contributed by atoms with E-state index < -0.39 is 17.4 Å². The highest BCUT2D eigenvalue weighted by atomic mass is 16.4. The van der Waals surface area contributed by atoms with E-state index in [1.165, 1.54) is 0 Å². The van der Waals surface area contributed by atoms with Gasteiger partial charge in [-0.2, -0.15) is 0 Å². The van der Waals surface area contributed by atoms with E-state index in [0.29, 0.717) is 24.2 Å². The molecule has 3 N–H and O–H groups in total. The number of fused-ring (bicyclic) bond motifs is 7. The first-order valence-corrected chi connectivity index (χ1v) is 14.4. The molecule has 0 aromatic carbocycles. The highest BCUT2D eigenvalue weighted by molar-refractivity contribution is 5.78. The smallest absolute Gasteiger partial charge is 0.317 e. The Labute approximate surface area is 217 Å². The van der Waals surface area contributed by atoms with Crippen LogP contribution in [0.1, 0.15) is 112 Å². The van der Waals surface area contributed by atoms with Crippen LogP contribution in [0.3, 0.4) is 0 Å². The van der Waals surface area contributed by atoms with Crippen molar-refractivity contribution in [3.8, 4) is 0 Å². The maximum Gasteiger partial charge on any atom is 0.317 e. The van der Waals surface area contributed by atoms with Gasteiger partial charge in [0.05, 0.1) is 6.42 Å². The summed E-state index contributed by atoms with van der Waals surface area (Å²) in [6, 6.07) is 0. The molecule has 4 fully saturated rings. The van der Waals surface area contributed by atoms with Crippen molar-refractivity contribution in [2.45, 2.75) is 112 Å². The van der Waals surface area contributed by atoms with Crippen molar-refractivity contribution >= 4 is 11.9 Å². The summed E-state index contributed by atoms with van der Waals surface area (Å²) in [5.74, 6) is -0.217. The monoisotopic (exact) mass is 500 g/mol. The van der Waals surface area contributed by atoms with E-state index in [1.54, 1.807) is 6.92 Å². The largest absolute Gasteiger partial charge is 0.511 e. The van der Waals surface area contributed by atoms with Crippen LogP contribution in [0.15, 0.2) is 11.8 Å². The van der Waals surface area contributed by atoms with Crippen LogP contribution in [-0.4, -0.2) is 27.3 Å². The molecule has 5 rings (SSSR count). The third kappa shape index (κ3) is 3.19. The fourth-order valence-electron chi connectivity index (χ4n) is 11.3. The first-order chi connectivity index (χ1) is 16.6. The molecule has 4 saturated carbocycles. The van der Waals surface area contributed by atoms with Crippen molar-refractivity contribution in [2.24, 2.45) is 56.2 Å². The summed E-state index contributed by atoms with van der Waals surface area (Å²) in [5.41, 5.74) is -1.01. The summed E-state index contributed by atoms with van der Waals surface area (Å²) < 4.78 is 0. The molecular formula is C31H48O5. The van der Waals surface area contributed by atoms with Crippen molar-refractivity contribution in [3.63, 3.8) is 0 Å². The molecule has 2 unspecified atom stereocenters. The van der Waals surface area contributed by atoms with Crippen molar-refractivity contribution in [2.75, 3.05) is 0 Å². The molecule has 202 valence electrons. The number of allylic oxidation sites excluding steroid dienone is 1. The van der Waals surface area contributed by atoms with Gasteiger partial charge in [-0.3, -0.25) is 9.59 Å². The number of rotatable bonds is 3. The Balaban J connectivity index is 1.55. The molecule has 36 heavy (non-hydrogen) atoms. The lowest BCUT2D eigenvalue weighted by molar-refractivity contribution is -0.241. The van der Waals surface area contributed by atoms with Gasteiger partial charge in [0.25, 0.3) is 0 Å². The maximum absolute atomic E-state index is 12.5. The van der Waals surface area contributed by atoms with Crippen molar-refractivity contribution in [3.05, 3.63) is 11.8 Å². The van der Waals surface area contributed by atoms with E-state index in [1.807, 2.05) is 6.08 Å². The van der Waals surface area contributed by atoms with Crippen LogP contribution in [0.2, 0.25) is 0 Å². The van der Waals surface area contributed by atoms with E-state index in [2.05, 4.69) is 34.6 Å².